The number of benzene rings is 4. The predicted octanol–water partition coefficient (Wildman–Crippen LogP) is 5.22. The number of nitrogens with two attached hydrogens (primary N) is 1. The number of aliphatic hydroxyl groups excluding tert-OH is 2. The molecule has 4 aromatic carbocycles. The molecule has 2 aromatic heterocycles. The third-order valence-corrected chi connectivity index (χ3v) is 9.77. The minimum Gasteiger partial charge on any atom is -0.480 e. The minimum atomic E-state index is -1.19. The Morgan fingerprint density at radius 3 is 1.46 bits per heavy atom. The van der Waals surface area contributed by atoms with Crippen molar-refractivity contribution in [2.75, 3.05) is 71.6 Å². The molecule has 57 heavy (non-hydrogen) atoms. The lowest BCUT2D eigenvalue weighted by Gasteiger charge is -2.27. The van der Waals surface area contributed by atoms with E-state index in [1.54, 1.807) is 0 Å². The van der Waals surface area contributed by atoms with Gasteiger partial charge >= 0.3 is 5.97 Å². The number of nitrogen functional groups attached to an aromatic ring is 1. The molecule has 12 heteroatoms. The first-order valence-corrected chi connectivity index (χ1v) is 19.1. The van der Waals surface area contributed by atoms with E-state index in [0.717, 1.165) is 110 Å². The summed E-state index contributed by atoms with van der Waals surface area (Å²) in [4.78, 5) is 35.1. The van der Waals surface area contributed by atoms with Crippen molar-refractivity contribution in [2.24, 2.45) is 0 Å². The van der Waals surface area contributed by atoms with Gasteiger partial charge in [0.2, 0.25) is 0 Å². The number of ether oxygens (including phenoxy) is 2. The molecule has 0 unspecified atom stereocenters. The molecule has 2 aliphatic heterocycles. The second kappa shape index (κ2) is 20.5. The largest absolute Gasteiger partial charge is 0.480 e. The Kier molecular flexibility index (Phi) is 14.8. The van der Waals surface area contributed by atoms with E-state index in [1.807, 2.05) is 60.7 Å². The highest BCUT2D eigenvalue weighted by Crippen LogP contribution is 2.28. The molecule has 0 bridgehead atoms. The van der Waals surface area contributed by atoms with Crippen molar-refractivity contribution in [3.8, 4) is 22.5 Å². The fraction of sp³-hybridized carbons (Fsp3) is 0.289. The SMILES string of the molecule is Nc1ccc(-c2cc(CN3CCOCC3)c3ccccc3n2)cc1.O=C(CO)Cc1ccc(-c2cc(CN3CCOCC3)c3ccccc3n2)cc1.O=C(O)CO. The maximum absolute atomic E-state index is 11.4. The highest BCUT2D eigenvalue weighted by Gasteiger charge is 2.16. The molecule has 2 aliphatic rings. The summed E-state index contributed by atoms with van der Waals surface area (Å²) in [5.74, 6) is -1.37. The van der Waals surface area contributed by atoms with E-state index in [4.69, 9.17) is 45.3 Å². The lowest BCUT2D eigenvalue weighted by Crippen LogP contribution is -2.35. The number of Topliss-reactive ketones (excluding diaryl/α,β-unsaturated/α-hetero) is 1. The van der Waals surface area contributed by atoms with Crippen LogP contribution in [0.2, 0.25) is 0 Å². The zero-order valence-electron chi connectivity index (χ0n) is 31.9. The third kappa shape index (κ3) is 11.7. The standard InChI is InChI=1S/C23H24N2O3.C20H21N3O.C2H4O3/c26-16-20(27)13-17-5-7-18(8-6-17)23-14-19(15-25-9-11-28-12-10-25)21-3-1-2-4-22(21)24-23;21-17-7-5-15(6-8-17)20-13-16(14-23-9-11-24-12-10-23)18-3-1-2-4-19(18)22-20;3-1-2(4)5/h1-8,14,26H,9-13,15-16H2;1-8,13H,9-12,14,21H2;3H,1H2,(H,4,5). The Bertz CT molecular complexity index is 2240. The van der Waals surface area contributed by atoms with Gasteiger partial charge in [-0.2, -0.15) is 0 Å². The molecule has 0 amide bonds. The number of rotatable bonds is 10. The molecule has 0 aliphatic carbocycles. The van der Waals surface area contributed by atoms with Crippen molar-refractivity contribution in [3.63, 3.8) is 0 Å². The smallest absolute Gasteiger partial charge is 0.329 e. The molecule has 8 rings (SSSR count). The highest BCUT2D eigenvalue weighted by molar-refractivity contribution is 5.86. The molecular formula is C45H49N5O7. The maximum atomic E-state index is 11.4. The average Bonchev–Trinajstić information content (AvgIpc) is 3.25. The van der Waals surface area contributed by atoms with Gasteiger partial charge in [-0.15, -0.1) is 0 Å². The number of aliphatic carboxylic acids is 1. The number of hydrogen-bond donors (Lipinski definition) is 4. The van der Waals surface area contributed by atoms with Crippen molar-refractivity contribution >= 4 is 39.2 Å². The number of carbonyl (C=O) groups is 2. The molecule has 2 saturated heterocycles. The summed E-state index contributed by atoms with van der Waals surface area (Å²) in [5.41, 5.74) is 16.1. The normalized spacial score (nSPS) is 14.6. The number of fused-ring (bicyclic) bond motifs is 2. The van der Waals surface area contributed by atoms with Gasteiger partial charge in [-0.25, -0.2) is 14.8 Å². The Morgan fingerprint density at radius 2 is 1.04 bits per heavy atom. The molecule has 0 atom stereocenters. The first-order chi connectivity index (χ1) is 27.8. The van der Waals surface area contributed by atoms with E-state index in [1.165, 1.54) is 21.9 Å². The second-order valence-electron chi connectivity index (χ2n) is 13.9. The van der Waals surface area contributed by atoms with Gasteiger partial charge in [-0.05, 0) is 53.1 Å². The van der Waals surface area contributed by atoms with Crippen LogP contribution in [0.4, 0.5) is 5.69 Å². The Hall–Kier alpha value is -5.60. The van der Waals surface area contributed by atoms with Gasteiger partial charge in [0.1, 0.15) is 13.2 Å². The van der Waals surface area contributed by atoms with E-state index in [9.17, 15) is 4.79 Å². The number of anilines is 1. The summed E-state index contributed by atoms with van der Waals surface area (Å²) in [6.07, 6.45) is 0.254. The van der Waals surface area contributed by atoms with Gasteiger partial charge in [-0.3, -0.25) is 14.6 Å². The highest BCUT2D eigenvalue weighted by atomic mass is 16.5. The average molecular weight is 772 g/mol. The summed E-state index contributed by atoms with van der Waals surface area (Å²) in [5, 5.41) is 26.3. The van der Waals surface area contributed by atoms with Crippen LogP contribution in [0.1, 0.15) is 16.7 Å². The quantitative estimate of drug-likeness (QED) is 0.134. The van der Waals surface area contributed by atoms with Crippen LogP contribution in [0, 0.1) is 0 Å². The van der Waals surface area contributed by atoms with Crippen LogP contribution in [0.3, 0.4) is 0 Å². The molecule has 6 aromatic rings. The molecule has 12 nitrogen and oxygen atoms in total. The fourth-order valence-corrected chi connectivity index (χ4v) is 6.78. The summed E-state index contributed by atoms with van der Waals surface area (Å²) in [6.45, 7) is 7.64. The molecular weight excluding hydrogens is 723 g/mol. The minimum absolute atomic E-state index is 0.177. The van der Waals surface area contributed by atoms with Gasteiger partial charge in [-0.1, -0.05) is 72.8 Å². The van der Waals surface area contributed by atoms with E-state index in [-0.39, 0.29) is 12.2 Å². The number of morpholine rings is 2. The van der Waals surface area contributed by atoms with Crippen LogP contribution in [-0.2, 0) is 38.6 Å². The van der Waals surface area contributed by atoms with Gasteiger partial charge in [0.15, 0.2) is 5.78 Å². The van der Waals surface area contributed by atoms with Crippen molar-refractivity contribution in [1.29, 1.82) is 0 Å². The molecule has 2 fully saturated rings. The number of carbonyl (C=O) groups excluding carboxylic acids is 1. The molecule has 296 valence electrons. The third-order valence-electron chi connectivity index (χ3n) is 9.77. The monoisotopic (exact) mass is 771 g/mol. The first kappa shape index (κ1) is 41.0. The van der Waals surface area contributed by atoms with E-state index in [0.29, 0.717) is 0 Å². The second-order valence-corrected chi connectivity index (χ2v) is 13.9. The van der Waals surface area contributed by atoms with Crippen LogP contribution >= 0.6 is 0 Å². The van der Waals surface area contributed by atoms with E-state index < -0.39 is 19.2 Å². The van der Waals surface area contributed by atoms with Crippen LogP contribution in [0.5, 0.6) is 0 Å². The van der Waals surface area contributed by atoms with Gasteiger partial charge in [0.05, 0.1) is 48.8 Å². The zero-order chi connectivity index (χ0) is 40.0. The Labute approximate surface area is 332 Å². The molecule has 0 saturated carbocycles. The number of carboxylic acids is 1. The lowest BCUT2D eigenvalue weighted by atomic mass is 10.0. The molecule has 4 heterocycles. The number of aromatic nitrogens is 2. The van der Waals surface area contributed by atoms with Gasteiger partial charge < -0.3 is 30.5 Å². The van der Waals surface area contributed by atoms with Crippen molar-refractivity contribution in [1.82, 2.24) is 19.8 Å². The Morgan fingerprint density at radius 1 is 0.614 bits per heavy atom. The predicted molar refractivity (Wildman–Crippen MR) is 221 cm³/mol. The van der Waals surface area contributed by atoms with Gasteiger partial charge in [0.25, 0.3) is 0 Å². The number of para-hydroxylation sites is 2. The summed E-state index contributed by atoms with van der Waals surface area (Å²) in [6, 6.07) is 36.8. The Balaban J connectivity index is 0.000000174. The van der Waals surface area contributed by atoms with Crippen molar-refractivity contribution < 1.29 is 34.4 Å². The lowest BCUT2D eigenvalue weighted by molar-refractivity contribution is -0.140. The summed E-state index contributed by atoms with van der Waals surface area (Å²) in [7, 11) is 0. The molecule has 0 radical (unpaired) electrons. The number of ketones is 1. The van der Waals surface area contributed by atoms with Crippen LogP contribution in [-0.4, -0.2) is 113 Å². The number of carboxylic acid groups (broad SMARTS) is 1. The number of pyridine rings is 2. The fourth-order valence-electron chi connectivity index (χ4n) is 6.78. The van der Waals surface area contributed by atoms with Crippen LogP contribution in [0.15, 0.2) is 109 Å². The van der Waals surface area contributed by atoms with Crippen LogP contribution < -0.4 is 5.73 Å². The first-order valence-electron chi connectivity index (χ1n) is 19.1. The van der Waals surface area contributed by atoms with Gasteiger partial charge in [0, 0.05) is 73.3 Å². The number of nitrogens with zero attached hydrogens (tertiary/aromatic N) is 4. The summed E-state index contributed by atoms with van der Waals surface area (Å²) >= 11 is 0. The van der Waals surface area contributed by atoms with Crippen molar-refractivity contribution in [2.45, 2.75) is 19.5 Å². The van der Waals surface area contributed by atoms with E-state index >= 15 is 0 Å². The van der Waals surface area contributed by atoms with Crippen LogP contribution in [0.25, 0.3) is 44.3 Å². The maximum Gasteiger partial charge on any atom is 0.329 e. The molecule has 0 spiro atoms. The number of aliphatic hydroxyl groups is 2. The van der Waals surface area contributed by atoms with E-state index in [2.05, 4.69) is 58.3 Å². The zero-order valence-corrected chi connectivity index (χ0v) is 31.9. The topological polar surface area (TPSA) is 172 Å². The molecule has 5 N–H and O–H groups in total. The number of hydrogen-bond acceptors (Lipinski definition) is 11. The van der Waals surface area contributed by atoms with Crippen molar-refractivity contribution in [3.05, 3.63) is 126 Å². The summed E-state index contributed by atoms with van der Waals surface area (Å²) < 4.78 is 10.9.